The summed E-state index contributed by atoms with van der Waals surface area (Å²) in [5, 5.41) is 0. The van der Waals surface area contributed by atoms with Crippen molar-refractivity contribution in [3.8, 4) is 0 Å². The zero-order valence-electron chi connectivity index (χ0n) is 19.5. The largest absolute Gasteiger partial charge is 0.461 e. The van der Waals surface area contributed by atoms with Gasteiger partial charge in [-0.3, -0.25) is 4.79 Å². The Morgan fingerprint density at radius 2 is 1.88 bits per heavy atom. The summed E-state index contributed by atoms with van der Waals surface area (Å²) in [5.74, 6) is 0.481. The van der Waals surface area contributed by atoms with Crippen molar-refractivity contribution < 1.29 is 22.7 Å². The van der Waals surface area contributed by atoms with Crippen LogP contribution in [0.2, 0.25) is 0 Å². The van der Waals surface area contributed by atoms with Gasteiger partial charge in [0.2, 0.25) is 10.0 Å². The molecule has 0 radical (unpaired) electrons. The van der Waals surface area contributed by atoms with E-state index < -0.39 is 10.0 Å². The highest BCUT2D eigenvalue weighted by Crippen LogP contribution is 2.24. The molecule has 0 aliphatic carbocycles. The lowest BCUT2D eigenvalue weighted by atomic mass is 10.2. The summed E-state index contributed by atoms with van der Waals surface area (Å²) in [4.78, 5) is 17.3. The van der Waals surface area contributed by atoms with Gasteiger partial charge in [0.15, 0.2) is 0 Å². The summed E-state index contributed by atoms with van der Waals surface area (Å²) < 4.78 is 40.4. The second-order valence-electron chi connectivity index (χ2n) is 8.35. The van der Waals surface area contributed by atoms with Crippen molar-refractivity contribution in [1.82, 2.24) is 13.9 Å². The molecule has 4 rings (SSSR count). The fourth-order valence-corrected chi connectivity index (χ4v) is 5.47. The lowest BCUT2D eigenvalue weighted by Gasteiger charge is -2.26. The SMILES string of the molecule is CCCCn1c(CCC(=O)OCc2ccccc2)nc2cc(S(=O)(=O)N3CCOCC3)ccc21. The van der Waals surface area contributed by atoms with Gasteiger partial charge < -0.3 is 14.0 Å². The van der Waals surface area contributed by atoms with E-state index in [1.807, 2.05) is 36.4 Å². The first kappa shape index (κ1) is 24.4. The van der Waals surface area contributed by atoms with Crippen molar-refractivity contribution in [3.05, 3.63) is 59.9 Å². The predicted molar refractivity (Wildman–Crippen MR) is 129 cm³/mol. The van der Waals surface area contributed by atoms with Crippen LogP contribution in [0.1, 0.15) is 37.6 Å². The topological polar surface area (TPSA) is 90.7 Å². The smallest absolute Gasteiger partial charge is 0.306 e. The lowest BCUT2D eigenvalue weighted by molar-refractivity contribution is -0.144. The van der Waals surface area contributed by atoms with Crippen molar-refractivity contribution in [3.63, 3.8) is 0 Å². The van der Waals surface area contributed by atoms with Gasteiger partial charge >= 0.3 is 5.97 Å². The first-order chi connectivity index (χ1) is 16.5. The number of aromatic nitrogens is 2. The van der Waals surface area contributed by atoms with Gasteiger partial charge in [-0.05, 0) is 30.2 Å². The van der Waals surface area contributed by atoms with Gasteiger partial charge in [0.1, 0.15) is 12.4 Å². The molecule has 0 bridgehead atoms. The average Bonchev–Trinajstić information content (AvgIpc) is 3.22. The molecule has 1 saturated heterocycles. The van der Waals surface area contributed by atoms with E-state index >= 15 is 0 Å². The van der Waals surface area contributed by atoms with Crippen LogP contribution in [0.5, 0.6) is 0 Å². The number of carbonyl (C=O) groups is 1. The van der Waals surface area contributed by atoms with Crippen molar-refractivity contribution >= 4 is 27.0 Å². The van der Waals surface area contributed by atoms with Gasteiger partial charge in [-0.1, -0.05) is 43.7 Å². The molecule has 3 aromatic rings. The molecule has 0 atom stereocenters. The highest BCUT2D eigenvalue weighted by molar-refractivity contribution is 7.89. The van der Waals surface area contributed by atoms with Crippen molar-refractivity contribution in [2.75, 3.05) is 26.3 Å². The van der Waals surface area contributed by atoms with Crippen LogP contribution >= 0.6 is 0 Å². The standard InChI is InChI=1S/C25H31N3O5S/c1-2-3-13-28-23-10-9-21(34(30,31)27-14-16-32-17-15-27)18-22(23)26-24(28)11-12-25(29)33-19-20-7-5-4-6-8-20/h4-10,18H,2-3,11-17,19H2,1H3. The number of benzene rings is 2. The molecule has 1 aliphatic heterocycles. The van der Waals surface area contributed by atoms with E-state index in [-0.39, 0.29) is 23.9 Å². The zero-order valence-corrected chi connectivity index (χ0v) is 20.3. The highest BCUT2D eigenvalue weighted by atomic mass is 32.2. The van der Waals surface area contributed by atoms with E-state index in [0.29, 0.717) is 38.2 Å². The minimum atomic E-state index is -3.60. The summed E-state index contributed by atoms with van der Waals surface area (Å²) in [6.45, 7) is 4.62. The van der Waals surface area contributed by atoms with Crippen LogP contribution in [0.4, 0.5) is 0 Å². The van der Waals surface area contributed by atoms with Crippen LogP contribution in [0.25, 0.3) is 11.0 Å². The van der Waals surface area contributed by atoms with E-state index in [0.717, 1.165) is 36.3 Å². The summed E-state index contributed by atoms with van der Waals surface area (Å²) in [5.41, 5.74) is 2.44. The fraction of sp³-hybridized carbons (Fsp3) is 0.440. The molecular formula is C25H31N3O5S. The summed E-state index contributed by atoms with van der Waals surface area (Å²) in [6, 6.07) is 14.7. The van der Waals surface area contributed by atoms with Crippen LogP contribution < -0.4 is 0 Å². The maximum atomic E-state index is 13.1. The molecule has 34 heavy (non-hydrogen) atoms. The molecule has 9 heteroatoms. The molecule has 8 nitrogen and oxygen atoms in total. The molecule has 0 N–H and O–H groups in total. The Morgan fingerprint density at radius 1 is 1.12 bits per heavy atom. The van der Waals surface area contributed by atoms with E-state index in [2.05, 4.69) is 11.5 Å². The second kappa shape index (κ2) is 11.1. The van der Waals surface area contributed by atoms with Crippen molar-refractivity contribution in [2.24, 2.45) is 0 Å². The molecular weight excluding hydrogens is 454 g/mol. The van der Waals surface area contributed by atoms with Gasteiger partial charge in [-0.25, -0.2) is 13.4 Å². The van der Waals surface area contributed by atoms with Gasteiger partial charge in [-0.15, -0.1) is 0 Å². The number of rotatable bonds is 10. The van der Waals surface area contributed by atoms with E-state index in [9.17, 15) is 13.2 Å². The van der Waals surface area contributed by atoms with Crippen molar-refractivity contribution in [2.45, 2.75) is 50.7 Å². The summed E-state index contributed by atoms with van der Waals surface area (Å²) in [6.07, 6.45) is 2.62. The van der Waals surface area contributed by atoms with Crippen LogP contribution in [0.15, 0.2) is 53.4 Å². The highest BCUT2D eigenvalue weighted by Gasteiger charge is 2.27. The van der Waals surface area contributed by atoms with Gasteiger partial charge in [0, 0.05) is 26.1 Å². The minimum absolute atomic E-state index is 0.210. The number of sulfonamides is 1. The molecule has 2 heterocycles. The third kappa shape index (κ3) is 5.65. The van der Waals surface area contributed by atoms with Crippen LogP contribution in [-0.2, 0) is 43.9 Å². The third-order valence-corrected chi connectivity index (χ3v) is 7.83. The molecule has 2 aromatic carbocycles. The number of fused-ring (bicyclic) bond motifs is 1. The number of morpholine rings is 1. The first-order valence-corrected chi connectivity index (χ1v) is 13.2. The molecule has 182 valence electrons. The third-order valence-electron chi connectivity index (χ3n) is 5.94. The summed E-state index contributed by atoms with van der Waals surface area (Å²) in [7, 11) is -3.60. The molecule has 0 saturated carbocycles. The van der Waals surface area contributed by atoms with E-state index in [4.69, 9.17) is 14.5 Å². The normalized spacial score (nSPS) is 15.0. The van der Waals surface area contributed by atoms with Gasteiger partial charge in [0.25, 0.3) is 0 Å². The number of aryl methyl sites for hydroxylation is 2. The molecule has 1 aromatic heterocycles. The van der Waals surface area contributed by atoms with Crippen LogP contribution in [0.3, 0.4) is 0 Å². The molecule has 0 spiro atoms. The van der Waals surface area contributed by atoms with Crippen molar-refractivity contribution in [1.29, 1.82) is 0 Å². The lowest BCUT2D eigenvalue weighted by Crippen LogP contribution is -2.40. The quantitative estimate of drug-likeness (QED) is 0.408. The predicted octanol–water partition coefficient (Wildman–Crippen LogP) is 3.53. The Hall–Kier alpha value is -2.75. The molecule has 0 unspecified atom stereocenters. The summed E-state index contributed by atoms with van der Waals surface area (Å²) >= 11 is 0. The Labute approximate surface area is 200 Å². The molecule has 0 amide bonds. The molecule has 1 fully saturated rings. The van der Waals surface area contributed by atoms with Gasteiger partial charge in [0.05, 0.1) is 35.6 Å². The Kier molecular flexibility index (Phi) is 7.97. The monoisotopic (exact) mass is 485 g/mol. The van der Waals surface area contributed by atoms with Crippen LogP contribution in [0, 0.1) is 0 Å². The average molecular weight is 486 g/mol. The fourth-order valence-electron chi connectivity index (χ4n) is 4.04. The number of unbranched alkanes of at least 4 members (excludes halogenated alkanes) is 1. The maximum Gasteiger partial charge on any atom is 0.306 e. The number of nitrogens with zero attached hydrogens (tertiary/aromatic N) is 3. The number of esters is 1. The van der Waals surface area contributed by atoms with Crippen LogP contribution in [-0.4, -0.2) is 54.5 Å². The first-order valence-electron chi connectivity index (χ1n) is 11.8. The maximum absolute atomic E-state index is 13.1. The second-order valence-corrected chi connectivity index (χ2v) is 10.3. The molecule has 1 aliphatic rings. The van der Waals surface area contributed by atoms with E-state index in [1.54, 1.807) is 12.1 Å². The number of hydrogen-bond donors (Lipinski definition) is 0. The Bertz CT molecular complexity index is 1220. The Morgan fingerprint density at radius 3 is 2.62 bits per heavy atom. The number of carbonyl (C=O) groups excluding carboxylic acids is 1. The van der Waals surface area contributed by atoms with E-state index in [1.165, 1.54) is 4.31 Å². The minimum Gasteiger partial charge on any atom is -0.461 e. The number of imidazole rings is 1. The zero-order chi connectivity index (χ0) is 24.0. The van der Waals surface area contributed by atoms with Gasteiger partial charge in [-0.2, -0.15) is 4.31 Å². The number of hydrogen-bond acceptors (Lipinski definition) is 6. The Balaban J connectivity index is 1.51. The number of ether oxygens (including phenoxy) is 2.